The number of amidine groups is 1. The van der Waals surface area contributed by atoms with E-state index < -0.39 is 5.25 Å². The Morgan fingerprint density at radius 2 is 1.97 bits per heavy atom. The maximum absolute atomic E-state index is 13.1. The predicted octanol–water partition coefficient (Wildman–Crippen LogP) is 4.65. The van der Waals surface area contributed by atoms with Crippen molar-refractivity contribution in [3.8, 4) is 5.75 Å². The summed E-state index contributed by atoms with van der Waals surface area (Å²) >= 11 is 7.44. The average molecular weight is 476 g/mol. The Hall–Kier alpha value is -2.55. The van der Waals surface area contributed by atoms with Gasteiger partial charge in [0.25, 0.3) is 0 Å². The van der Waals surface area contributed by atoms with E-state index in [0.29, 0.717) is 41.1 Å². The number of aliphatic imine (C=N–C) groups is 1. The lowest BCUT2D eigenvalue weighted by atomic mass is 10.2. The van der Waals surface area contributed by atoms with Gasteiger partial charge in [-0.15, -0.1) is 0 Å². The van der Waals surface area contributed by atoms with E-state index in [-0.39, 0.29) is 18.2 Å². The number of nitrogens with zero attached hydrogens (tertiary/aromatic N) is 2. The molecule has 1 unspecified atom stereocenters. The maximum atomic E-state index is 13.1. The van der Waals surface area contributed by atoms with Crippen LogP contribution in [0.1, 0.15) is 18.4 Å². The molecule has 2 aromatic carbocycles. The lowest BCUT2D eigenvalue weighted by Crippen LogP contribution is -2.34. The molecule has 2 amide bonds. The van der Waals surface area contributed by atoms with Gasteiger partial charge in [-0.3, -0.25) is 14.5 Å². The monoisotopic (exact) mass is 475 g/mol. The average Bonchev–Trinajstić information content (AvgIpc) is 3.06. The third kappa shape index (κ3) is 6.03. The molecule has 170 valence electrons. The number of thioether (sulfide) groups is 1. The molecule has 0 radical (unpaired) electrons. The van der Waals surface area contributed by atoms with Crippen LogP contribution in [0.5, 0.6) is 5.75 Å². The molecule has 0 bridgehead atoms. The van der Waals surface area contributed by atoms with E-state index in [4.69, 9.17) is 21.1 Å². The van der Waals surface area contributed by atoms with E-state index in [2.05, 4.69) is 10.3 Å². The fourth-order valence-electron chi connectivity index (χ4n) is 3.18. The van der Waals surface area contributed by atoms with Gasteiger partial charge in [-0.2, -0.15) is 0 Å². The number of hydrogen-bond donors (Lipinski definition) is 1. The summed E-state index contributed by atoms with van der Waals surface area (Å²) in [6.45, 7) is 2.84. The zero-order valence-electron chi connectivity index (χ0n) is 18.3. The lowest BCUT2D eigenvalue weighted by Gasteiger charge is -2.16. The number of carbonyl (C=O) groups excluding carboxylic acids is 2. The molecule has 0 saturated carbocycles. The first-order chi connectivity index (χ1) is 15.4. The van der Waals surface area contributed by atoms with Crippen LogP contribution in [-0.2, 0) is 14.3 Å². The van der Waals surface area contributed by atoms with Gasteiger partial charge in [0.15, 0.2) is 5.17 Å². The van der Waals surface area contributed by atoms with Crippen molar-refractivity contribution in [3.05, 3.63) is 53.1 Å². The van der Waals surface area contributed by atoms with E-state index in [0.717, 1.165) is 11.3 Å². The third-order valence-electron chi connectivity index (χ3n) is 4.96. The van der Waals surface area contributed by atoms with Crippen LogP contribution in [0.3, 0.4) is 0 Å². The van der Waals surface area contributed by atoms with Crippen LogP contribution in [0.2, 0.25) is 5.02 Å². The number of hydrogen-bond acceptors (Lipinski definition) is 6. The minimum atomic E-state index is -0.547. The first kappa shape index (κ1) is 24.1. The molecule has 0 aliphatic carbocycles. The number of benzene rings is 2. The fraction of sp³-hybridized carbons (Fsp3) is 0.348. The molecular formula is C23H26ClN3O4S. The highest BCUT2D eigenvalue weighted by atomic mass is 35.5. The molecule has 1 saturated heterocycles. The Balaban J connectivity index is 1.74. The van der Waals surface area contributed by atoms with Crippen molar-refractivity contribution in [3.63, 3.8) is 0 Å². The fourth-order valence-corrected chi connectivity index (χ4v) is 4.54. The van der Waals surface area contributed by atoms with Crippen LogP contribution in [0.15, 0.2) is 47.5 Å². The van der Waals surface area contributed by atoms with Crippen LogP contribution < -0.4 is 10.1 Å². The van der Waals surface area contributed by atoms with E-state index in [1.807, 2.05) is 31.2 Å². The van der Waals surface area contributed by atoms with Crippen LogP contribution in [-0.4, -0.2) is 54.5 Å². The normalized spacial score (nSPS) is 17.1. The number of halogens is 1. The molecule has 0 aromatic heterocycles. The van der Waals surface area contributed by atoms with Gasteiger partial charge < -0.3 is 14.8 Å². The van der Waals surface area contributed by atoms with Crippen LogP contribution in [0.25, 0.3) is 0 Å². The number of rotatable bonds is 9. The molecule has 1 N–H and O–H groups in total. The van der Waals surface area contributed by atoms with Crippen molar-refractivity contribution in [1.82, 2.24) is 4.90 Å². The SMILES string of the molecule is COCCCN1C(=O)C(CC(=O)Nc2cccc(Cl)c2C)SC1=Nc1ccc(OC)cc1. The molecule has 2 aromatic rings. The van der Waals surface area contributed by atoms with Crippen LogP contribution in [0, 0.1) is 6.92 Å². The number of carbonyl (C=O) groups is 2. The zero-order chi connectivity index (χ0) is 23.1. The molecule has 1 fully saturated rings. The van der Waals surface area contributed by atoms with Gasteiger partial charge in [0.1, 0.15) is 11.0 Å². The molecule has 0 spiro atoms. The molecule has 3 rings (SSSR count). The Morgan fingerprint density at radius 1 is 1.22 bits per heavy atom. The molecule has 1 heterocycles. The highest BCUT2D eigenvalue weighted by molar-refractivity contribution is 8.15. The van der Waals surface area contributed by atoms with Crippen LogP contribution >= 0.6 is 23.4 Å². The first-order valence-corrected chi connectivity index (χ1v) is 11.4. The molecule has 32 heavy (non-hydrogen) atoms. The van der Waals surface area contributed by atoms with Gasteiger partial charge in [-0.25, -0.2) is 4.99 Å². The van der Waals surface area contributed by atoms with Crippen LogP contribution in [0.4, 0.5) is 11.4 Å². The number of ether oxygens (including phenoxy) is 2. The minimum absolute atomic E-state index is 0.0395. The second-order valence-electron chi connectivity index (χ2n) is 7.20. The summed E-state index contributed by atoms with van der Waals surface area (Å²) in [7, 11) is 3.22. The number of amides is 2. The van der Waals surface area contributed by atoms with E-state index in [9.17, 15) is 9.59 Å². The van der Waals surface area contributed by atoms with E-state index >= 15 is 0 Å². The summed E-state index contributed by atoms with van der Waals surface area (Å²) in [6.07, 6.45) is 0.711. The Bertz CT molecular complexity index is 997. The van der Waals surface area contributed by atoms with E-state index in [1.165, 1.54) is 11.8 Å². The van der Waals surface area contributed by atoms with Gasteiger partial charge in [0.05, 0.1) is 12.8 Å². The lowest BCUT2D eigenvalue weighted by molar-refractivity contribution is -0.128. The summed E-state index contributed by atoms with van der Waals surface area (Å²) in [4.78, 5) is 32.0. The minimum Gasteiger partial charge on any atom is -0.497 e. The molecule has 7 nitrogen and oxygen atoms in total. The van der Waals surface area contributed by atoms with Gasteiger partial charge in [-0.05, 0) is 55.3 Å². The number of methoxy groups -OCH3 is 2. The predicted molar refractivity (Wildman–Crippen MR) is 129 cm³/mol. The summed E-state index contributed by atoms with van der Waals surface area (Å²) in [5.74, 6) is 0.354. The van der Waals surface area contributed by atoms with Crippen molar-refractivity contribution in [2.45, 2.75) is 25.0 Å². The standard InChI is InChI=1S/C23H26ClN3O4S/c1-15-18(24)6-4-7-19(15)26-21(28)14-20-22(29)27(12-5-13-30-2)23(32-20)25-16-8-10-17(31-3)11-9-16/h4,6-11,20H,5,12-14H2,1-3H3,(H,26,28). The summed E-state index contributed by atoms with van der Waals surface area (Å²) in [6, 6.07) is 12.6. The smallest absolute Gasteiger partial charge is 0.242 e. The van der Waals surface area contributed by atoms with Gasteiger partial charge in [-0.1, -0.05) is 29.4 Å². The summed E-state index contributed by atoms with van der Waals surface area (Å²) in [5, 5.41) is 3.47. The molecule has 1 aliphatic heterocycles. The number of nitrogens with one attached hydrogen (secondary N) is 1. The van der Waals surface area contributed by atoms with Gasteiger partial charge in [0, 0.05) is 37.4 Å². The highest BCUT2D eigenvalue weighted by Crippen LogP contribution is 2.33. The second-order valence-corrected chi connectivity index (χ2v) is 8.78. The van der Waals surface area contributed by atoms with E-state index in [1.54, 1.807) is 37.3 Å². The largest absolute Gasteiger partial charge is 0.497 e. The molecule has 9 heteroatoms. The third-order valence-corrected chi connectivity index (χ3v) is 6.54. The summed E-state index contributed by atoms with van der Waals surface area (Å²) in [5.41, 5.74) is 2.13. The second kappa shape index (κ2) is 11.4. The quantitative estimate of drug-likeness (QED) is 0.534. The topological polar surface area (TPSA) is 80.2 Å². The van der Waals surface area contributed by atoms with Gasteiger partial charge in [0.2, 0.25) is 11.8 Å². The Kier molecular flexibility index (Phi) is 8.55. The highest BCUT2D eigenvalue weighted by Gasteiger charge is 2.39. The molecule has 1 atom stereocenters. The number of anilines is 1. The van der Waals surface area contributed by atoms with Crippen molar-refractivity contribution in [2.24, 2.45) is 4.99 Å². The summed E-state index contributed by atoms with van der Waals surface area (Å²) < 4.78 is 10.3. The Morgan fingerprint density at radius 3 is 2.66 bits per heavy atom. The Labute approximate surface area is 197 Å². The molecule has 1 aliphatic rings. The van der Waals surface area contributed by atoms with Crippen molar-refractivity contribution < 1.29 is 19.1 Å². The zero-order valence-corrected chi connectivity index (χ0v) is 19.8. The molecular weight excluding hydrogens is 450 g/mol. The van der Waals surface area contributed by atoms with Crippen molar-refractivity contribution in [1.29, 1.82) is 0 Å². The van der Waals surface area contributed by atoms with Gasteiger partial charge >= 0.3 is 0 Å². The van der Waals surface area contributed by atoms with Crippen molar-refractivity contribution >= 4 is 51.7 Å². The first-order valence-electron chi connectivity index (χ1n) is 10.2. The van der Waals surface area contributed by atoms with Crippen molar-refractivity contribution in [2.75, 3.05) is 32.7 Å². The maximum Gasteiger partial charge on any atom is 0.242 e.